The molecule has 1 unspecified atom stereocenters. The van der Waals surface area contributed by atoms with Gasteiger partial charge in [-0.2, -0.15) is 18.2 Å². The first-order valence-corrected chi connectivity index (χ1v) is 7.84. The molecule has 0 radical (unpaired) electrons. The zero-order chi connectivity index (χ0) is 19.2. The van der Waals surface area contributed by atoms with E-state index in [1.807, 2.05) is 0 Å². The van der Waals surface area contributed by atoms with Crippen LogP contribution in [-0.4, -0.2) is 22.7 Å². The van der Waals surface area contributed by atoms with Crippen LogP contribution < -0.4 is 5.43 Å². The number of benzene rings is 1. The van der Waals surface area contributed by atoms with Gasteiger partial charge >= 0.3 is 6.18 Å². The Kier molecular flexibility index (Phi) is 4.21. The van der Waals surface area contributed by atoms with E-state index in [1.165, 1.54) is 0 Å². The maximum atomic E-state index is 12.6. The van der Waals surface area contributed by atoms with E-state index < -0.39 is 41.3 Å². The van der Waals surface area contributed by atoms with Crippen LogP contribution in [0.2, 0.25) is 0 Å². The first-order chi connectivity index (χ1) is 12.1. The van der Waals surface area contributed by atoms with E-state index in [4.69, 9.17) is 0 Å². The minimum atomic E-state index is -4.52. The monoisotopic (exact) mass is 364 g/mol. The van der Waals surface area contributed by atoms with Gasteiger partial charge in [-0.3, -0.25) is 19.8 Å². The molecular weight excluding hydrogens is 349 g/mol. The molecule has 3 amide bonds. The van der Waals surface area contributed by atoms with Crippen LogP contribution in [0.1, 0.15) is 22.8 Å². The maximum Gasteiger partial charge on any atom is 0.416 e. The molecule has 8 heteroatoms. The Hall–Kier alpha value is -2.90. The first kappa shape index (κ1) is 17.9. The molecule has 2 aliphatic rings. The van der Waals surface area contributed by atoms with Crippen molar-refractivity contribution in [3.63, 3.8) is 0 Å². The van der Waals surface area contributed by atoms with Crippen LogP contribution in [0.15, 0.2) is 48.6 Å². The smallest absolute Gasteiger partial charge is 0.272 e. The molecule has 1 aromatic carbocycles. The van der Waals surface area contributed by atoms with Crippen LogP contribution in [0.25, 0.3) is 0 Å². The molecule has 1 aliphatic heterocycles. The van der Waals surface area contributed by atoms with Gasteiger partial charge in [0.2, 0.25) is 0 Å². The number of nitrogens with one attached hydrogen (secondary N) is 1. The number of allylic oxidation sites excluding steroid dienone is 2. The van der Waals surface area contributed by atoms with Gasteiger partial charge in [0, 0.05) is 5.56 Å². The molecule has 1 fully saturated rings. The summed E-state index contributed by atoms with van der Waals surface area (Å²) in [7, 11) is 0. The largest absolute Gasteiger partial charge is 0.416 e. The number of carbonyl (C=O) groups excluding carboxylic acids is 3. The van der Waals surface area contributed by atoms with E-state index in [1.54, 1.807) is 19.1 Å². The predicted molar refractivity (Wildman–Crippen MR) is 85.2 cm³/mol. The van der Waals surface area contributed by atoms with Crippen molar-refractivity contribution in [1.82, 2.24) is 10.4 Å². The van der Waals surface area contributed by atoms with Gasteiger partial charge in [-0.15, -0.1) is 0 Å². The highest BCUT2D eigenvalue weighted by Gasteiger charge is 2.52. The van der Waals surface area contributed by atoms with Gasteiger partial charge < -0.3 is 0 Å². The van der Waals surface area contributed by atoms with E-state index in [-0.39, 0.29) is 11.5 Å². The Bertz CT molecular complexity index is 827. The SMILES string of the molecule is C=C1C=CC(C)[C@H]2C(=O)N(NC(=O)c3ccc(C(F)(F)F)cc3)C(=O)[C@@H]12. The molecule has 3 rings (SSSR count). The highest BCUT2D eigenvalue weighted by molar-refractivity contribution is 6.09. The number of halogens is 3. The van der Waals surface area contributed by atoms with Gasteiger partial charge in [0.05, 0.1) is 17.4 Å². The number of alkyl halides is 3. The summed E-state index contributed by atoms with van der Waals surface area (Å²) in [6.45, 7) is 5.56. The van der Waals surface area contributed by atoms with Crippen molar-refractivity contribution < 1.29 is 27.6 Å². The third-order valence-electron chi connectivity index (χ3n) is 4.62. The quantitative estimate of drug-likeness (QED) is 0.821. The summed E-state index contributed by atoms with van der Waals surface area (Å²) >= 11 is 0. The summed E-state index contributed by atoms with van der Waals surface area (Å²) in [5.74, 6) is -3.58. The second-order valence-electron chi connectivity index (χ2n) is 6.32. The van der Waals surface area contributed by atoms with E-state index in [9.17, 15) is 27.6 Å². The van der Waals surface area contributed by atoms with Crippen LogP contribution in [0, 0.1) is 17.8 Å². The van der Waals surface area contributed by atoms with Crippen molar-refractivity contribution in [2.45, 2.75) is 13.1 Å². The van der Waals surface area contributed by atoms with Crippen LogP contribution in [0.4, 0.5) is 13.2 Å². The average molecular weight is 364 g/mol. The van der Waals surface area contributed by atoms with Crippen molar-refractivity contribution in [1.29, 1.82) is 0 Å². The molecule has 0 saturated carbocycles. The minimum absolute atomic E-state index is 0.0986. The zero-order valence-electron chi connectivity index (χ0n) is 13.7. The third-order valence-corrected chi connectivity index (χ3v) is 4.62. The summed E-state index contributed by atoms with van der Waals surface area (Å²) in [4.78, 5) is 37.3. The number of fused-ring (bicyclic) bond motifs is 1. The fourth-order valence-corrected chi connectivity index (χ4v) is 3.20. The number of carbonyl (C=O) groups is 3. The van der Waals surface area contributed by atoms with Crippen LogP contribution in [0.3, 0.4) is 0 Å². The van der Waals surface area contributed by atoms with Gasteiger partial charge in [-0.05, 0) is 35.8 Å². The Labute approximate surface area is 147 Å². The topological polar surface area (TPSA) is 66.5 Å². The Morgan fingerprint density at radius 2 is 1.77 bits per heavy atom. The van der Waals surface area contributed by atoms with Crippen molar-refractivity contribution in [2.75, 3.05) is 0 Å². The number of hydrogen-bond donors (Lipinski definition) is 1. The summed E-state index contributed by atoms with van der Waals surface area (Å²) < 4.78 is 37.7. The summed E-state index contributed by atoms with van der Waals surface area (Å²) in [5.41, 5.74) is 1.68. The number of imide groups is 1. The highest BCUT2D eigenvalue weighted by Crippen LogP contribution is 2.40. The van der Waals surface area contributed by atoms with Gasteiger partial charge in [-0.25, -0.2) is 0 Å². The van der Waals surface area contributed by atoms with E-state index >= 15 is 0 Å². The normalized spacial score (nSPS) is 25.5. The molecule has 0 spiro atoms. The number of rotatable bonds is 2. The predicted octanol–water partition coefficient (Wildman–Crippen LogP) is 2.71. The molecule has 1 saturated heterocycles. The van der Waals surface area contributed by atoms with Crippen LogP contribution >= 0.6 is 0 Å². The lowest BCUT2D eigenvalue weighted by Gasteiger charge is -2.23. The van der Waals surface area contributed by atoms with Gasteiger partial charge in [-0.1, -0.05) is 25.7 Å². The van der Waals surface area contributed by atoms with E-state index in [0.717, 1.165) is 24.3 Å². The zero-order valence-corrected chi connectivity index (χ0v) is 13.7. The Balaban J connectivity index is 1.79. The van der Waals surface area contributed by atoms with Gasteiger partial charge in [0.1, 0.15) is 0 Å². The van der Waals surface area contributed by atoms with E-state index in [2.05, 4.69) is 12.0 Å². The summed E-state index contributed by atoms with van der Waals surface area (Å²) in [6, 6.07) is 3.49. The molecule has 26 heavy (non-hydrogen) atoms. The molecule has 136 valence electrons. The maximum absolute atomic E-state index is 12.6. The van der Waals surface area contributed by atoms with Gasteiger partial charge in [0.25, 0.3) is 17.7 Å². The lowest BCUT2D eigenvalue weighted by atomic mass is 9.76. The molecule has 1 aromatic rings. The minimum Gasteiger partial charge on any atom is -0.272 e. The van der Waals surface area contributed by atoms with E-state index in [0.29, 0.717) is 10.6 Å². The highest BCUT2D eigenvalue weighted by atomic mass is 19.4. The van der Waals surface area contributed by atoms with Crippen molar-refractivity contribution in [3.05, 3.63) is 59.7 Å². The van der Waals surface area contributed by atoms with Crippen LogP contribution in [-0.2, 0) is 15.8 Å². The molecule has 0 bridgehead atoms. The lowest BCUT2D eigenvalue weighted by molar-refractivity contribution is -0.142. The molecule has 5 nitrogen and oxygen atoms in total. The molecule has 1 N–H and O–H groups in total. The van der Waals surface area contributed by atoms with Gasteiger partial charge in [0.15, 0.2) is 0 Å². The summed E-state index contributed by atoms with van der Waals surface area (Å²) in [6.07, 6.45) is -1.07. The number of amides is 3. The standard InChI is InChI=1S/C18H15F3N2O3/c1-9-3-4-10(2)14-13(9)16(25)23(17(14)26)22-15(24)11-5-7-12(8-6-11)18(19,20)21/h3-8,10,13-14H,1H2,2H3,(H,22,24)/t10?,13-,14+/m0/s1. The Morgan fingerprint density at radius 1 is 1.15 bits per heavy atom. The molecular formula is C18H15F3N2O3. The molecule has 0 aromatic heterocycles. The van der Waals surface area contributed by atoms with Crippen molar-refractivity contribution >= 4 is 17.7 Å². The number of hydrogen-bond acceptors (Lipinski definition) is 3. The number of hydrazine groups is 1. The Morgan fingerprint density at radius 3 is 2.31 bits per heavy atom. The molecule has 1 aliphatic carbocycles. The third kappa shape index (κ3) is 2.91. The second-order valence-corrected chi connectivity index (χ2v) is 6.32. The summed E-state index contributed by atoms with van der Waals surface area (Å²) in [5, 5.41) is 0.643. The first-order valence-electron chi connectivity index (χ1n) is 7.84. The van der Waals surface area contributed by atoms with Crippen molar-refractivity contribution in [2.24, 2.45) is 17.8 Å². The average Bonchev–Trinajstić information content (AvgIpc) is 2.83. The fraction of sp³-hybridized carbons (Fsp3) is 0.278. The number of nitrogens with zero attached hydrogens (tertiary/aromatic N) is 1. The second kappa shape index (κ2) is 6.12. The lowest BCUT2D eigenvalue weighted by Crippen LogP contribution is -2.46. The fourth-order valence-electron chi connectivity index (χ4n) is 3.20. The van der Waals surface area contributed by atoms with Crippen LogP contribution in [0.5, 0.6) is 0 Å². The van der Waals surface area contributed by atoms with Crippen molar-refractivity contribution in [3.8, 4) is 0 Å². The molecule has 3 atom stereocenters. The molecule has 1 heterocycles.